The standard InChI is InChI=1S/C25H20BrNO3S/c26-20-11-6-10-19(13-20)24(22-16-29-25(31)30-22)27-21-12-5-4-9-18(21)14-23(27)28-15-17-7-2-1-3-8-17/h1-14,22,24H,15-16H2. The summed E-state index contributed by atoms with van der Waals surface area (Å²) in [7, 11) is 0. The molecule has 0 bridgehead atoms. The monoisotopic (exact) mass is 493 g/mol. The van der Waals surface area contributed by atoms with Crippen molar-refractivity contribution >= 4 is 44.3 Å². The van der Waals surface area contributed by atoms with Crippen molar-refractivity contribution in [2.45, 2.75) is 18.8 Å². The Kier molecular flexibility index (Phi) is 5.66. The van der Waals surface area contributed by atoms with Crippen molar-refractivity contribution < 1.29 is 14.2 Å². The minimum Gasteiger partial charge on any atom is -0.474 e. The van der Waals surface area contributed by atoms with Gasteiger partial charge in [0.15, 0.2) is 12.0 Å². The third-order valence-electron chi connectivity index (χ3n) is 5.38. The number of nitrogens with zero attached hydrogens (tertiary/aromatic N) is 1. The van der Waals surface area contributed by atoms with Gasteiger partial charge in [0.2, 0.25) is 0 Å². The van der Waals surface area contributed by atoms with Gasteiger partial charge < -0.3 is 18.8 Å². The Morgan fingerprint density at radius 2 is 1.81 bits per heavy atom. The summed E-state index contributed by atoms with van der Waals surface area (Å²) in [6, 6.07) is 28.6. The molecule has 31 heavy (non-hydrogen) atoms. The molecule has 0 saturated carbocycles. The molecule has 0 amide bonds. The minimum absolute atomic E-state index is 0.177. The summed E-state index contributed by atoms with van der Waals surface area (Å²) in [5.74, 6) is 0.774. The van der Waals surface area contributed by atoms with E-state index < -0.39 is 0 Å². The molecule has 1 fully saturated rings. The van der Waals surface area contributed by atoms with Crippen LogP contribution >= 0.6 is 28.1 Å². The molecule has 156 valence electrons. The van der Waals surface area contributed by atoms with E-state index in [0.29, 0.717) is 13.2 Å². The van der Waals surface area contributed by atoms with Gasteiger partial charge in [-0.05, 0) is 29.3 Å². The van der Waals surface area contributed by atoms with E-state index in [2.05, 4.69) is 63.0 Å². The maximum Gasteiger partial charge on any atom is 0.352 e. The number of ether oxygens (including phenoxy) is 3. The van der Waals surface area contributed by atoms with Crippen LogP contribution in [0.25, 0.3) is 10.9 Å². The third-order valence-corrected chi connectivity index (χ3v) is 6.08. The molecule has 2 unspecified atom stereocenters. The highest BCUT2D eigenvalue weighted by molar-refractivity contribution is 9.10. The Bertz CT molecular complexity index is 1220. The molecule has 0 aliphatic carbocycles. The molecule has 1 aliphatic heterocycles. The number of benzene rings is 3. The van der Waals surface area contributed by atoms with Crippen molar-refractivity contribution in [2.75, 3.05) is 6.61 Å². The van der Waals surface area contributed by atoms with Crippen LogP contribution in [0.5, 0.6) is 5.88 Å². The number of aromatic nitrogens is 1. The zero-order chi connectivity index (χ0) is 21.2. The summed E-state index contributed by atoms with van der Waals surface area (Å²) in [5, 5.41) is 1.29. The summed E-state index contributed by atoms with van der Waals surface area (Å²) in [5.41, 5.74) is 3.26. The van der Waals surface area contributed by atoms with Gasteiger partial charge in [0.25, 0.3) is 0 Å². The van der Waals surface area contributed by atoms with E-state index in [9.17, 15) is 0 Å². The number of rotatable bonds is 6. The second-order valence-corrected chi connectivity index (χ2v) is 8.65. The minimum atomic E-state index is -0.267. The normalized spacial score (nSPS) is 16.7. The largest absolute Gasteiger partial charge is 0.474 e. The molecule has 4 nitrogen and oxygen atoms in total. The first kappa shape index (κ1) is 20.1. The van der Waals surface area contributed by atoms with Gasteiger partial charge in [-0.15, -0.1) is 0 Å². The Balaban J connectivity index is 1.63. The third kappa shape index (κ3) is 4.18. The Labute approximate surface area is 194 Å². The number of fused-ring (bicyclic) bond motifs is 1. The van der Waals surface area contributed by atoms with E-state index in [1.165, 1.54) is 0 Å². The fourth-order valence-electron chi connectivity index (χ4n) is 4.00. The molecular weight excluding hydrogens is 474 g/mol. The van der Waals surface area contributed by atoms with Crippen molar-refractivity contribution in [1.29, 1.82) is 0 Å². The Hall–Kier alpha value is -2.83. The van der Waals surface area contributed by atoms with Gasteiger partial charge >= 0.3 is 5.24 Å². The summed E-state index contributed by atoms with van der Waals surface area (Å²) < 4.78 is 21.0. The molecule has 1 saturated heterocycles. The lowest BCUT2D eigenvalue weighted by Gasteiger charge is -2.26. The molecule has 1 aromatic heterocycles. The van der Waals surface area contributed by atoms with Gasteiger partial charge in [0, 0.05) is 28.1 Å². The lowest BCUT2D eigenvalue weighted by Crippen LogP contribution is -2.28. The highest BCUT2D eigenvalue weighted by Gasteiger charge is 2.35. The van der Waals surface area contributed by atoms with Crippen molar-refractivity contribution in [3.8, 4) is 5.88 Å². The molecular formula is C25H20BrNO3S. The lowest BCUT2D eigenvalue weighted by molar-refractivity contribution is 0.168. The van der Waals surface area contributed by atoms with E-state index >= 15 is 0 Å². The summed E-state index contributed by atoms with van der Waals surface area (Å²) >= 11 is 8.78. The van der Waals surface area contributed by atoms with Crippen molar-refractivity contribution in [3.05, 3.63) is 101 Å². The molecule has 3 aromatic carbocycles. The first-order valence-corrected chi connectivity index (χ1v) is 11.2. The van der Waals surface area contributed by atoms with Gasteiger partial charge in [-0.2, -0.15) is 0 Å². The molecule has 2 heterocycles. The Morgan fingerprint density at radius 1 is 1.00 bits per heavy atom. The maximum absolute atomic E-state index is 6.35. The van der Waals surface area contributed by atoms with Gasteiger partial charge in [0.1, 0.15) is 19.3 Å². The van der Waals surface area contributed by atoms with Crippen LogP contribution in [0.2, 0.25) is 0 Å². The summed E-state index contributed by atoms with van der Waals surface area (Å²) in [6.07, 6.45) is -0.267. The van der Waals surface area contributed by atoms with Crippen LogP contribution in [0.3, 0.4) is 0 Å². The smallest absolute Gasteiger partial charge is 0.352 e. The van der Waals surface area contributed by atoms with E-state index in [-0.39, 0.29) is 17.4 Å². The van der Waals surface area contributed by atoms with Crippen molar-refractivity contribution in [3.63, 3.8) is 0 Å². The molecule has 0 N–H and O–H groups in total. The van der Waals surface area contributed by atoms with Crippen LogP contribution in [-0.4, -0.2) is 22.5 Å². The Morgan fingerprint density at radius 3 is 2.58 bits per heavy atom. The zero-order valence-electron chi connectivity index (χ0n) is 16.6. The van der Waals surface area contributed by atoms with Crippen LogP contribution < -0.4 is 4.74 Å². The topological polar surface area (TPSA) is 32.6 Å². The average Bonchev–Trinajstić information content (AvgIpc) is 3.37. The molecule has 4 aromatic rings. The number of hydrogen-bond acceptors (Lipinski definition) is 4. The fraction of sp³-hybridized carbons (Fsp3) is 0.160. The first-order chi connectivity index (χ1) is 15.2. The lowest BCUT2D eigenvalue weighted by atomic mass is 10.0. The zero-order valence-corrected chi connectivity index (χ0v) is 19.0. The number of para-hydroxylation sites is 1. The number of hydrogen-bond donors (Lipinski definition) is 0. The van der Waals surface area contributed by atoms with Crippen LogP contribution in [0.1, 0.15) is 17.2 Å². The molecule has 5 rings (SSSR count). The number of halogens is 1. The van der Waals surface area contributed by atoms with E-state index in [1.54, 1.807) is 0 Å². The van der Waals surface area contributed by atoms with Crippen LogP contribution in [0.15, 0.2) is 89.4 Å². The van der Waals surface area contributed by atoms with Crippen LogP contribution in [-0.2, 0) is 16.1 Å². The van der Waals surface area contributed by atoms with Gasteiger partial charge in [-0.1, -0.05) is 76.6 Å². The van der Waals surface area contributed by atoms with Gasteiger partial charge in [-0.25, -0.2) is 0 Å². The quantitative estimate of drug-likeness (QED) is 0.296. The highest BCUT2D eigenvalue weighted by Crippen LogP contribution is 2.38. The molecule has 0 radical (unpaired) electrons. The predicted molar refractivity (Wildman–Crippen MR) is 128 cm³/mol. The maximum atomic E-state index is 6.35. The molecule has 2 atom stereocenters. The first-order valence-electron chi connectivity index (χ1n) is 10.0. The van der Waals surface area contributed by atoms with E-state index in [4.69, 9.17) is 26.4 Å². The summed E-state index contributed by atoms with van der Waals surface area (Å²) in [6.45, 7) is 0.865. The highest BCUT2D eigenvalue weighted by atomic mass is 79.9. The summed E-state index contributed by atoms with van der Waals surface area (Å²) in [4.78, 5) is 0. The van der Waals surface area contributed by atoms with Crippen molar-refractivity contribution in [2.24, 2.45) is 0 Å². The van der Waals surface area contributed by atoms with Gasteiger partial charge in [0.05, 0.1) is 5.52 Å². The molecule has 1 aliphatic rings. The molecule has 0 spiro atoms. The van der Waals surface area contributed by atoms with Crippen LogP contribution in [0.4, 0.5) is 0 Å². The molecule has 6 heteroatoms. The SMILES string of the molecule is S=C1OCC(C(c2cccc(Br)c2)n2c(OCc3ccccc3)cc3ccccc32)O1. The second-order valence-electron chi connectivity index (χ2n) is 7.40. The number of thiocarbonyl (C=S) groups is 1. The van der Waals surface area contributed by atoms with Crippen molar-refractivity contribution in [1.82, 2.24) is 4.57 Å². The van der Waals surface area contributed by atoms with E-state index in [0.717, 1.165) is 32.4 Å². The second kappa shape index (κ2) is 8.73. The van der Waals surface area contributed by atoms with Gasteiger partial charge in [-0.3, -0.25) is 0 Å². The average molecular weight is 494 g/mol. The van der Waals surface area contributed by atoms with Crippen LogP contribution in [0, 0.1) is 0 Å². The predicted octanol–water partition coefficient (Wildman–Crippen LogP) is 6.27. The van der Waals surface area contributed by atoms with E-state index in [1.807, 2.05) is 42.5 Å². The fourth-order valence-corrected chi connectivity index (χ4v) is 4.61.